The van der Waals surface area contributed by atoms with E-state index in [4.69, 9.17) is 0 Å². The van der Waals surface area contributed by atoms with Crippen molar-refractivity contribution in [3.05, 3.63) is 36.2 Å². The third-order valence-electron chi connectivity index (χ3n) is 1.38. The molecule has 1 radical (unpaired) electrons. The third kappa shape index (κ3) is 0.678. The van der Waals surface area contributed by atoms with Crippen LogP contribution in [-0.4, -0.2) is 11.6 Å². The summed E-state index contributed by atoms with van der Waals surface area (Å²) in [5.74, 6) is 0. The lowest BCUT2D eigenvalue weighted by Crippen LogP contribution is -2.26. The van der Waals surface area contributed by atoms with Gasteiger partial charge in [-0.05, 0) is 12.2 Å². The highest BCUT2D eigenvalue weighted by atomic mass is 15.5. The van der Waals surface area contributed by atoms with E-state index in [1.54, 1.807) is 0 Å². The lowest BCUT2D eigenvalue weighted by Gasteiger charge is -2.16. The second kappa shape index (κ2) is 1.74. The summed E-state index contributed by atoms with van der Waals surface area (Å²) in [5, 5.41) is 1.96. The molecule has 9 heavy (non-hydrogen) atoms. The summed E-state index contributed by atoms with van der Waals surface area (Å²) in [6.07, 6.45) is 11.0. The number of fused-ring (bicyclic) bond motifs is 1. The molecule has 0 aromatic carbocycles. The molecular weight excluding hydrogens is 112 g/mol. The number of hydrogen-bond donors (Lipinski definition) is 1. The molecule has 2 aliphatic heterocycles. The van der Waals surface area contributed by atoms with Gasteiger partial charge < -0.3 is 0 Å². The Hall–Kier alpha value is -1.02. The highest BCUT2D eigenvalue weighted by molar-refractivity contribution is 5.24. The maximum absolute atomic E-state index is 3.13. The largest absolute Gasteiger partial charge is 0.284 e. The molecule has 0 amide bonds. The second-order valence-corrected chi connectivity index (χ2v) is 1.97. The summed E-state index contributed by atoms with van der Waals surface area (Å²) in [5.41, 5.74) is 4.25. The van der Waals surface area contributed by atoms with Crippen molar-refractivity contribution >= 4 is 0 Å². The van der Waals surface area contributed by atoms with Gasteiger partial charge in [0.25, 0.3) is 0 Å². The van der Waals surface area contributed by atoms with Crippen LogP contribution < -0.4 is 5.43 Å². The van der Waals surface area contributed by atoms with Gasteiger partial charge >= 0.3 is 0 Å². The molecule has 1 N–H and O–H groups in total. The van der Waals surface area contributed by atoms with Gasteiger partial charge in [0.2, 0.25) is 0 Å². The van der Waals surface area contributed by atoms with Gasteiger partial charge in [0, 0.05) is 18.8 Å². The Bertz CT molecular complexity index is 198. The molecule has 2 heterocycles. The summed E-state index contributed by atoms with van der Waals surface area (Å²) >= 11 is 0. The Balaban J connectivity index is 2.33. The SMILES string of the molecule is [C]1=CC=CN2NCC=C12. The third-order valence-corrected chi connectivity index (χ3v) is 1.38. The first-order valence-electron chi connectivity index (χ1n) is 2.96. The zero-order chi connectivity index (χ0) is 6.10. The smallest absolute Gasteiger partial charge is 0.0623 e. The van der Waals surface area contributed by atoms with E-state index in [1.165, 1.54) is 0 Å². The Labute approximate surface area is 54.1 Å². The van der Waals surface area contributed by atoms with Gasteiger partial charge in [-0.1, -0.05) is 6.08 Å². The zero-order valence-electron chi connectivity index (χ0n) is 4.96. The van der Waals surface area contributed by atoms with Gasteiger partial charge in [-0.3, -0.25) is 5.01 Å². The van der Waals surface area contributed by atoms with Crippen LogP contribution in [0.15, 0.2) is 30.1 Å². The van der Waals surface area contributed by atoms with Gasteiger partial charge in [0.05, 0.1) is 5.70 Å². The van der Waals surface area contributed by atoms with Crippen molar-refractivity contribution in [1.82, 2.24) is 10.4 Å². The normalized spacial score (nSPS) is 22.2. The van der Waals surface area contributed by atoms with E-state index in [2.05, 4.69) is 17.6 Å². The molecule has 0 saturated heterocycles. The first kappa shape index (κ1) is 4.82. The fourth-order valence-electron chi connectivity index (χ4n) is 0.948. The molecule has 0 bridgehead atoms. The molecule has 2 heteroatoms. The number of nitrogens with one attached hydrogen (secondary N) is 1. The van der Waals surface area contributed by atoms with Crippen LogP contribution in [-0.2, 0) is 0 Å². The van der Waals surface area contributed by atoms with Gasteiger partial charge in [0.15, 0.2) is 0 Å². The Morgan fingerprint density at radius 2 is 2.67 bits per heavy atom. The molecule has 45 valence electrons. The minimum absolute atomic E-state index is 0.917. The van der Waals surface area contributed by atoms with Crippen molar-refractivity contribution in [2.24, 2.45) is 0 Å². The number of hydrogen-bond acceptors (Lipinski definition) is 2. The van der Waals surface area contributed by atoms with Crippen LogP contribution in [0.5, 0.6) is 0 Å². The van der Waals surface area contributed by atoms with E-state index in [9.17, 15) is 0 Å². The molecule has 2 aliphatic rings. The molecular formula is C7H7N2. The molecule has 0 aromatic rings. The summed E-state index contributed by atoms with van der Waals surface area (Å²) in [6, 6.07) is 0. The van der Waals surface area contributed by atoms with Gasteiger partial charge in [-0.25, -0.2) is 5.43 Å². The first-order valence-corrected chi connectivity index (χ1v) is 2.96. The standard InChI is InChI=1S/C7H7N2/c1-2-6-9-7(3-1)4-5-8-9/h1-2,4,6,8H,5H2. The van der Waals surface area contributed by atoms with Crippen molar-refractivity contribution in [3.8, 4) is 0 Å². The fourth-order valence-corrected chi connectivity index (χ4v) is 0.948. The molecule has 0 aromatic heterocycles. The number of rotatable bonds is 0. The molecule has 0 unspecified atom stereocenters. The van der Waals surface area contributed by atoms with Crippen LogP contribution >= 0.6 is 0 Å². The predicted molar refractivity (Wildman–Crippen MR) is 34.9 cm³/mol. The number of hydrazine groups is 1. The van der Waals surface area contributed by atoms with E-state index >= 15 is 0 Å². The van der Waals surface area contributed by atoms with E-state index in [0.29, 0.717) is 0 Å². The summed E-state index contributed by atoms with van der Waals surface area (Å²) in [4.78, 5) is 0. The van der Waals surface area contributed by atoms with Gasteiger partial charge in [-0.2, -0.15) is 0 Å². The lowest BCUT2D eigenvalue weighted by atomic mass is 10.3. The van der Waals surface area contributed by atoms with Crippen molar-refractivity contribution in [2.75, 3.05) is 6.54 Å². The monoisotopic (exact) mass is 119 g/mol. The fraction of sp³-hybridized carbons (Fsp3) is 0.143. The molecule has 0 saturated carbocycles. The Morgan fingerprint density at radius 3 is 3.56 bits per heavy atom. The lowest BCUT2D eigenvalue weighted by molar-refractivity contribution is 0.393. The predicted octanol–water partition coefficient (Wildman–Crippen LogP) is 0.577. The average Bonchev–Trinajstić information content (AvgIpc) is 2.33. The van der Waals surface area contributed by atoms with Gasteiger partial charge in [-0.15, -0.1) is 0 Å². The molecule has 0 spiro atoms. The zero-order valence-corrected chi connectivity index (χ0v) is 4.96. The minimum atomic E-state index is 0.917. The summed E-state index contributed by atoms with van der Waals surface area (Å²) in [7, 11) is 0. The Kier molecular flexibility index (Phi) is 0.932. The topological polar surface area (TPSA) is 15.3 Å². The van der Waals surface area contributed by atoms with Crippen molar-refractivity contribution in [1.29, 1.82) is 0 Å². The minimum Gasteiger partial charge on any atom is -0.284 e. The van der Waals surface area contributed by atoms with E-state index < -0.39 is 0 Å². The van der Waals surface area contributed by atoms with Gasteiger partial charge in [0.1, 0.15) is 0 Å². The van der Waals surface area contributed by atoms with Crippen molar-refractivity contribution < 1.29 is 0 Å². The van der Waals surface area contributed by atoms with Crippen LogP contribution in [0.2, 0.25) is 0 Å². The van der Waals surface area contributed by atoms with E-state index in [-0.39, 0.29) is 0 Å². The highest BCUT2D eigenvalue weighted by Gasteiger charge is 2.09. The molecule has 2 nitrogen and oxygen atoms in total. The quantitative estimate of drug-likeness (QED) is 0.501. The van der Waals surface area contributed by atoms with Crippen LogP contribution in [0, 0.1) is 6.08 Å². The molecule has 0 atom stereocenters. The van der Waals surface area contributed by atoms with Crippen LogP contribution in [0.1, 0.15) is 0 Å². The molecule has 0 fully saturated rings. The Morgan fingerprint density at radius 1 is 1.67 bits per heavy atom. The summed E-state index contributed by atoms with van der Waals surface area (Å²) in [6.45, 7) is 0.917. The molecule has 0 aliphatic carbocycles. The van der Waals surface area contributed by atoms with Crippen LogP contribution in [0.25, 0.3) is 0 Å². The van der Waals surface area contributed by atoms with Crippen molar-refractivity contribution in [3.63, 3.8) is 0 Å². The summed E-state index contributed by atoms with van der Waals surface area (Å²) < 4.78 is 0. The number of allylic oxidation sites excluding steroid dienone is 3. The average molecular weight is 119 g/mol. The second-order valence-electron chi connectivity index (χ2n) is 1.97. The van der Waals surface area contributed by atoms with Crippen LogP contribution in [0.3, 0.4) is 0 Å². The van der Waals surface area contributed by atoms with E-state index in [0.717, 1.165) is 12.2 Å². The first-order chi connectivity index (χ1) is 4.47. The maximum Gasteiger partial charge on any atom is 0.0623 e. The highest BCUT2D eigenvalue weighted by Crippen LogP contribution is 2.11. The van der Waals surface area contributed by atoms with Crippen LogP contribution in [0.4, 0.5) is 0 Å². The molecule has 2 rings (SSSR count). The maximum atomic E-state index is 3.13. The van der Waals surface area contributed by atoms with E-state index in [1.807, 2.05) is 23.4 Å². The van der Waals surface area contributed by atoms with Crippen molar-refractivity contribution in [2.45, 2.75) is 0 Å². The number of nitrogens with zero attached hydrogens (tertiary/aromatic N) is 1.